The summed E-state index contributed by atoms with van der Waals surface area (Å²) in [4.78, 5) is 25.3. The number of rotatable bonds is 4. The van der Waals surface area contributed by atoms with Gasteiger partial charge in [-0.25, -0.2) is 4.72 Å². The Hall–Kier alpha value is -1.06. The van der Waals surface area contributed by atoms with Crippen molar-refractivity contribution in [1.82, 2.24) is 13.9 Å². The molecule has 1 fully saturated rings. The first kappa shape index (κ1) is 15.3. The molecule has 0 amide bonds. The van der Waals surface area contributed by atoms with Gasteiger partial charge < -0.3 is 0 Å². The van der Waals surface area contributed by atoms with Crippen LogP contribution in [0.4, 0.5) is 0 Å². The van der Waals surface area contributed by atoms with Crippen LogP contribution in [0.1, 0.15) is 0 Å². The largest absolute Gasteiger partial charge is 0.292 e. The van der Waals surface area contributed by atoms with Crippen LogP contribution >= 0.6 is 11.6 Å². The highest BCUT2D eigenvalue weighted by atomic mass is 35.5. The summed E-state index contributed by atoms with van der Waals surface area (Å²) in [6, 6.07) is 0. The molecular weight excluding hydrogens is 306 g/mol. The van der Waals surface area contributed by atoms with Crippen LogP contribution in [0.2, 0.25) is 0 Å². The minimum absolute atomic E-state index is 0.0778. The van der Waals surface area contributed by atoms with E-state index in [2.05, 4.69) is 4.72 Å². The van der Waals surface area contributed by atoms with E-state index in [1.807, 2.05) is 0 Å². The van der Waals surface area contributed by atoms with Crippen LogP contribution in [0.5, 0.6) is 0 Å². The van der Waals surface area contributed by atoms with Crippen LogP contribution in [0.3, 0.4) is 0 Å². The maximum atomic E-state index is 12.1. The molecule has 1 aliphatic carbocycles. The molecule has 1 saturated heterocycles. The number of halogens is 1. The molecule has 0 aromatic carbocycles. The van der Waals surface area contributed by atoms with E-state index in [1.54, 1.807) is 6.08 Å². The van der Waals surface area contributed by atoms with E-state index >= 15 is 0 Å². The van der Waals surface area contributed by atoms with E-state index in [0.29, 0.717) is 0 Å². The molecule has 7 nitrogen and oxygen atoms in total. The molecule has 110 valence electrons. The lowest BCUT2D eigenvalue weighted by Gasteiger charge is -2.34. The van der Waals surface area contributed by atoms with Crippen LogP contribution in [-0.2, 0) is 19.8 Å². The average Bonchev–Trinajstić information content (AvgIpc) is 2.89. The highest BCUT2D eigenvalue weighted by Crippen LogP contribution is 2.28. The monoisotopic (exact) mass is 319 g/mol. The third kappa shape index (κ3) is 2.33. The highest BCUT2D eigenvalue weighted by molar-refractivity contribution is 7.87. The van der Waals surface area contributed by atoms with E-state index in [-0.39, 0.29) is 19.8 Å². The van der Waals surface area contributed by atoms with Crippen LogP contribution in [0.25, 0.3) is 0 Å². The average molecular weight is 320 g/mol. The molecule has 0 spiro atoms. The Kier molecular flexibility index (Phi) is 4.12. The Morgan fingerprint density at radius 2 is 2.10 bits per heavy atom. The Morgan fingerprint density at radius 3 is 2.65 bits per heavy atom. The number of carbonyl (C=O) groups excluding carboxylic acids is 2. The summed E-state index contributed by atoms with van der Waals surface area (Å²) in [7, 11) is -2.31. The van der Waals surface area contributed by atoms with Crippen molar-refractivity contribution in [1.29, 1.82) is 0 Å². The smallest absolute Gasteiger partial charge is 0.280 e. The second kappa shape index (κ2) is 5.38. The summed E-state index contributed by atoms with van der Waals surface area (Å²) < 4.78 is 26.8. The molecule has 0 radical (unpaired) electrons. The number of nitrogens with one attached hydrogen (secondary N) is 1. The van der Waals surface area contributed by atoms with Gasteiger partial charge in [0.1, 0.15) is 0 Å². The van der Waals surface area contributed by atoms with Crippen molar-refractivity contribution in [3.05, 3.63) is 24.3 Å². The van der Waals surface area contributed by atoms with E-state index in [1.165, 1.54) is 30.2 Å². The topological polar surface area (TPSA) is 86.8 Å². The van der Waals surface area contributed by atoms with E-state index in [0.717, 1.165) is 4.31 Å². The van der Waals surface area contributed by atoms with Crippen molar-refractivity contribution in [2.45, 2.75) is 5.54 Å². The van der Waals surface area contributed by atoms with Gasteiger partial charge in [0.2, 0.25) is 0 Å². The molecule has 0 saturated carbocycles. The Bertz CT molecular complexity index is 601. The molecule has 1 atom stereocenters. The van der Waals surface area contributed by atoms with Crippen molar-refractivity contribution >= 4 is 32.8 Å². The van der Waals surface area contributed by atoms with E-state index in [9.17, 15) is 18.0 Å². The summed E-state index contributed by atoms with van der Waals surface area (Å²) >= 11 is 5.61. The second-order valence-corrected chi connectivity index (χ2v) is 6.63. The zero-order valence-electron chi connectivity index (χ0n) is 10.7. The lowest BCUT2D eigenvalue weighted by molar-refractivity contribution is -0.132. The number of hydrogen-bond acceptors (Lipinski definition) is 5. The summed E-state index contributed by atoms with van der Waals surface area (Å²) in [6.45, 7) is 0.342. The zero-order chi connectivity index (χ0) is 15.0. The molecule has 0 aromatic rings. The second-order valence-electron chi connectivity index (χ2n) is 4.41. The van der Waals surface area contributed by atoms with Gasteiger partial charge >= 0.3 is 0 Å². The van der Waals surface area contributed by atoms with Crippen molar-refractivity contribution in [3.63, 3.8) is 0 Å². The van der Waals surface area contributed by atoms with E-state index < -0.39 is 26.8 Å². The predicted molar refractivity (Wildman–Crippen MR) is 73.1 cm³/mol. The maximum Gasteiger partial charge on any atom is 0.280 e. The highest BCUT2D eigenvalue weighted by Gasteiger charge is 2.50. The molecule has 1 heterocycles. The van der Waals surface area contributed by atoms with Crippen molar-refractivity contribution in [3.8, 4) is 0 Å². The first-order valence-electron chi connectivity index (χ1n) is 5.88. The van der Waals surface area contributed by atoms with Crippen molar-refractivity contribution in [2.75, 3.05) is 26.8 Å². The Balaban J connectivity index is 2.31. The summed E-state index contributed by atoms with van der Waals surface area (Å²) in [5.74, 6) is -0.469. The standard InChI is InChI=1S/C11H14ClN3O4S/c1-13-20(18,19)15-7-6-14(8-15)11(10(12)17)5-3-2-4-9(11)16/h2-5,13H,6-8H2,1H3. The molecule has 0 aromatic heterocycles. The van der Waals surface area contributed by atoms with Crippen molar-refractivity contribution in [2.24, 2.45) is 0 Å². The van der Waals surface area contributed by atoms with Gasteiger partial charge in [0.15, 0.2) is 11.3 Å². The molecule has 20 heavy (non-hydrogen) atoms. The van der Waals surface area contributed by atoms with Gasteiger partial charge in [0.05, 0.1) is 6.67 Å². The summed E-state index contributed by atoms with van der Waals surface area (Å²) in [5, 5.41) is -0.841. The number of nitrogens with zero attached hydrogens (tertiary/aromatic N) is 2. The zero-order valence-corrected chi connectivity index (χ0v) is 12.3. The van der Waals surface area contributed by atoms with E-state index in [4.69, 9.17) is 11.6 Å². The molecule has 1 N–H and O–H groups in total. The fourth-order valence-electron chi connectivity index (χ4n) is 2.27. The quantitative estimate of drug-likeness (QED) is 0.543. The van der Waals surface area contributed by atoms with Crippen LogP contribution in [-0.4, -0.2) is 61.0 Å². The molecular formula is C11H14ClN3O4S. The first-order chi connectivity index (χ1) is 9.34. The minimum Gasteiger partial charge on any atom is -0.292 e. The van der Waals surface area contributed by atoms with Gasteiger partial charge in [-0.3, -0.25) is 14.5 Å². The van der Waals surface area contributed by atoms with Crippen LogP contribution in [0, 0.1) is 0 Å². The summed E-state index contributed by atoms with van der Waals surface area (Å²) in [5.41, 5.74) is -1.62. The summed E-state index contributed by atoms with van der Waals surface area (Å²) in [6.07, 6.45) is 5.73. The molecule has 2 aliphatic rings. The van der Waals surface area contributed by atoms with Gasteiger partial charge in [-0.05, 0) is 23.8 Å². The Morgan fingerprint density at radius 1 is 1.40 bits per heavy atom. The SMILES string of the molecule is CNS(=O)(=O)N1CCN(C2(C(=O)Cl)C=CC=CC2=O)C1. The first-order valence-corrected chi connectivity index (χ1v) is 7.70. The van der Waals surface area contributed by atoms with Gasteiger partial charge in [-0.2, -0.15) is 12.7 Å². The van der Waals surface area contributed by atoms with Crippen LogP contribution < -0.4 is 4.72 Å². The van der Waals surface area contributed by atoms with Crippen molar-refractivity contribution < 1.29 is 18.0 Å². The molecule has 2 rings (SSSR count). The molecule has 9 heteroatoms. The van der Waals surface area contributed by atoms with Gasteiger partial charge in [-0.15, -0.1) is 0 Å². The van der Waals surface area contributed by atoms with Gasteiger partial charge in [0.25, 0.3) is 15.5 Å². The number of carbonyl (C=O) groups is 2. The van der Waals surface area contributed by atoms with Crippen LogP contribution in [0.15, 0.2) is 24.3 Å². The fraction of sp³-hybridized carbons (Fsp3) is 0.455. The third-order valence-electron chi connectivity index (χ3n) is 3.42. The number of allylic oxidation sites excluding steroid dienone is 2. The molecule has 1 aliphatic heterocycles. The molecule has 1 unspecified atom stereocenters. The maximum absolute atomic E-state index is 12.1. The normalized spacial score (nSPS) is 28.2. The fourth-order valence-corrected chi connectivity index (χ4v) is 3.42. The van der Waals surface area contributed by atoms with Gasteiger partial charge in [0, 0.05) is 20.1 Å². The number of hydrogen-bond donors (Lipinski definition) is 1. The lowest BCUT2D eigenvalue weighted by Crippen LogP contribution is -2.57. The van der Waals surface area contributed by atoms with Gasteiger partial charge in [-0.1, -0.05) is 12.2 Å². The lowest BCUT2D eigenvalue weighted by atomic mass is 9.89. The minimum atomic E-state index is -3.61. The Labute approximate surface area is 122 Å². The number of ketones is 1. The predicted octanol–water partition coefficient (Wildman–Crippen LogP) is -0.775. The third-order valence-corrected chi connectivity index (χ3v) is 5.20. The molecule has 0 bridgehead atoms.